The molecular weight excluding hydrogens is 364 g/mol. The number of hydrogen-bond donors (Lipinski definition) is 2. The highest BCUT2D eigenvalue weighted by molar-refractivity contribution is 5.84. The molecule has 0 saturated carbocycles. The van der Waals surface area contributed by atoms with E-state index in [-0.39, 0.29) is 11.5 Å². The summed E-state index contributed by atoms with van der Waals surface area (Å²) in [4.78, 5) is 18.3. The number of unbranched alkanes of at least 4 members (excludes halogenated alkanes) is 2. The summed E-state index contributed by atoms with van der Waals surface area (Å²) in [5, 5.41) is 3.41. The number of aromatic nitrogens is 4. The van der Waals surface area contributed by atoms with Gasteiger partial charge in [0.15, 0.2) is 11.5 Å². The zero-order chi connectivity index (χ0) is 20.9. The summed E-state index contributed by atoms with van der Waals surface area (Å²) < 4.78 is 2.17. The smallest absolute Gasteiger partial charge is 0.224 e. The van der Waals surface area contributed by atoms with Crippen LogP contribution in [-0.2, 0) is 6.54 Å². The first-order valence-corrected chi connectivity index (χ1v) is 11.1. The van der Waals surface area contributed by atoms with Gasteiger partial charge in [-0.15, -0.1) is 0 Å². The van der Waals surface area contributed by atoms with Crippen LogP contribution in [0.5, 0.6) is 0 Å². The Balaban J connectivity index is 1.51. The first-order chi connectivity index (χ1) is 13.9. The number of hydrogen-bond acceptors (Lipinski definition) is 7. The highest BCUT2D eigenvalue weighted by atomic mass is 15.3. The zero-order valence-corrected chi connectivity index (χ0v) is 18.6. The van der Waals surface area contributed by atoms with Gasteiger partial charge in [-0.2, -0.15) is 9.97 Å². The number of nitrogen functional groups attached to an aromatic ring is 1. The number of rotatable bonds is 9. The second-order valence-electron chi connectivity index (χ2n) is 9.03. The van der Waals surface area contributed by atoms with Crippen molar-refractivity contribution in [3.05, 3.63) is 6.33 Å². The van der Waals surface area contributed by atoms with E-state index in [4.69, 9.17) is 5.73 Å². The zero-order valence-electron chi connectivity index (χ0n) is 18.6. The average Bonchev–Trinajstić information content (AvgIpc) is 3.08. The minimum atomic E-state index is 0.274. The Labute approximate surface area is 174 Å². The largest absolute Gasteiger partial charge is 0.368 e. The third-order valence-electron chi connectivity index (χ3n) is 5.76. The lowest BCUT2D eigenvalue weighted by Crippen LogP contribution is -2.53. The monoisotopic (exact) mass is 402 g/mol. The summed E-state index contributed by atoms with van der Waals surface area (Å²) in [6.45, 7) is 16.7. The molecular formula is C21H38N8. The predicted molar refractivity (Wildman–Crippen MR) is 120 cm³/mol. The molecule has 0 unspecified atom stereocenters. The van der Waals surface area contributed by atoms with Crippen LogP contribution in [0.3, 0.4) is 0 Å². The molecule has 29 heavy (non-hydrogen) atoms. The molecule has 3 rings (SSSR count). The van der Waals surface area contributed by atoms with E-state index in [9.17, 15) is 0 Å². The fourth-order valence-corrected chi connectivity index (χ4v) is 3.93. The van der Waals surface area contributed by atoms with Gasteiger partial charge >= 0.3 is 0 Å². The van der Waals surface area contributed by atoms with Gasteiger partial charge in [0.05, 0.1) is 6.33 Å². The lowest BCUT2D eigenvalue weighted by molar-refractivity contribution is 0.0615. The van der Waals surface area contributed by atoms with Gasteiger partial charge < -0.3 is 20.5 Å². The summed E-state index contributed by atoms with van der Waals surface area (Å²) in [6.07, 6.45) is 6.40. The molecule has 1 fully saturated rings. The normalized spacial score (nSPS) is 16.6. The van der Waals surface area contributed by atoms with Crippen molar-refractivity contribution in [1.82, 2.24) is 29.3 Å². The number of aryl methyl sites for hydroxylation is 1. The molecule has 162 valence electrons. The molecule has 0 aliphatic carbocycles. The molecule has 2 aromatic rings. The molecule has 3 N–H and O–H groups in total. The molecule has 0 radical (unpaired) electrons. The molecule has 3 heterocycles. The molecule has 8 nitrogen and oxygen atoms in total. The van der Waals surface area contributed by atoms with Gasteiger partial charge in [-0.1, -0.05) is 13.3 Å². The van der Waals surface area contributed by atoms with Crippen molar-refractivity contribution in [2.75, 3.05) is 50.3 Å². The maximum atomic E-state index is 5.86. The Kier molecular flexibility index (Phi) is 7.29. The number of piperazine rings is 1. The quantitative estimate of drug-likeness (QED) is 0.624. The molecule has 1 aliphatic heterocycles. The summed E-state index contributed by atoms with van der Waals surface area (Å²) in [5.74, 6) is 1.08. The number of nitrogens with one attached hydrogen (secondary N) is 1. The molecule has 0 aromatic carbocycles. The molecule has 0 amide bonds. The number of anilines is 2. The van der Waals surface area contributed by atoms with E-state index in [1.165, 1.54) is 32.6 Å². The Hall–Kier alpha value is -1.93. The maximum Gasteiger partial charge on any atom is 0.224 e. The van der Waals surface area contributed by atoms with Crippen LogP contribution in [0.15, 0.2) is 6.33 Å². The first kappa shape index (κ1) is 21.8. The van der Waals surface area contributed by atoms with E-state index in [0.29, 0.717) is 5.65 Å². The Morgan fingerprint density at radius 2 is 1.76 bits per heavy atom. The SMILES string of the molecule is CCCCNc1nc(N)nc2ncn(CCCCN3CCN(C(C)(C)C)CC3)c12. The van der Waals surface area contributed by atoms with E-state index in [2.05, 4.69) is 62.3 Å². The lowest BCUT2D eigenvalue weighted by Gasteiger charge is -2.42. The second-order valence-corrected chi connectivity index (χ2v) is 9.03. The van der Waals surface area contributed by atoms with Crippen molar-refractivity contribution in [1.29, 1.82) is 0 Å². The van der Waals surface area contributed by atoms with Gasteiger partial charge in [0.2, 0.25) is 5.95 Å². The van der Waals surface area contributed by atoms with Crippen molar-refractivity contribution < 1.29 is 0 Å². The highest BCUT2D eigenvalue weighted by Gasteiger charge is 2.25. The van der Waals surface area contributed by atoms with Gasteiger partial charge in [-0.05, 0) is 46.6 Å². The van der Waals surface area contributed by atoms with Crippen molar-refractivity contribution >= 4 is 22.9 Å². The van der Waals surface area contributed by atoms with E-state index < -0.39 is 0 Å². The Morgan fingerprint density at radius 1 is 1.03 bits per heavy atom. The van der Waals surface area contributed by atoms with E-state index >= 15 is 0 Å². The van der Waals surface area contributed by atoms with Crippen LogP contribution in [0.4, 0.5) is 11.8 Å². The summed E-state index contributed by atoms with van der Waals surface area (Å²) in [5.41, 5.74) is 7.78. The van der Waals surface area contributed by atoms with E-state index in [1.807, 2.05) is 6.33 Å². The van der Waals surface area contributed by atoms with Crippen LogP contribution >= 0.6 is 0 Å². The van der Waals surface area contributed by atoms with Gasteiger partial charge in [0.1, 0.15) is 5.52 Å². The Bertz CT molecular complexity index is 771. The number of imidazole rings is 1. The highest BCUT2D eigenvalue weighted by Crippen LogP contribution is 2.21. The predicted octanol–water partition coefficient (Wildman–Crippen LogP) is 2.82. The molecule has 2 aromatic heterocycles. The van der Waals surface area contributed by atoms with Crippen LogP contribution < -0.4 is 11.1 Å². The average molecular weight is 403 g/mol. The van der Waals surface area contributed by atoms with Crippen LogP contribution in [0.1, 0.15) is 53.4 Å². The van der Waals surface area contributed by atoms with Crippen molar-refractivity contribution in [2.24, 2.45) is 0 Å². The molecule has 0 bridgehead atoms. The number of fused-ring (bicyclic) bond motifs is 1. The number of nitrogens with two attached hydrogens (primary N) is 1. The number of nitrogens with zero attached hydrogens (tertiary/aromatic N) is 6. The van der Waals surface area contributed by atoms with Gasteiger partial charge in [0, 0.05) is 44.8 Å². The summed E-state index contributed by atoms with van der Waals surface area (Å²) in [7, 11) is 0. The molecule has 0 atom stereocenters. The van der Waals surface area contributed by atoms with E-state index in [1.54, 1.807) is 0 Å². The van der Waals surface area contributed by atoms with Crippen LogP contribution in [0.2, 0.25) is 0 Å². The second kappa shape index (κ2) is 9.71. The van der Waals surface area contributed by atoms with Crippen molar-refractivity contribution in [3.63, 3.8) is 0 Å². The lowest BCUT2D eigenvalue weighted by atomic mass is 10.0. The molecule has 1 aliphatic rings. The molecule has 0 spiro atoms. The Morgan fingerprint density at radius 3 is 2.45 bits per heavy atom. The first-order valence-electron chi connectivity index (χ1n) is 11.1. The minimum absolute atomic E-state index is 0.274. The maximum absolute atomic E-state index is 5.86. The van der Waals surface area contributed by atoms with Crippen LogP contribution in [-0.4, -0.2) is 74.1 Å². The van der Waals surface area contributed by atoms with Crippen LogP contribution in [0.25, 0.3) is 11.2 Å². The third kappa shape index (κ3) is 5.79. The fourth-order valence-electron chi connectivity index (χ4n) is 3.93. The summed E-state index contributed by atoms with van der Waals surface area (Å²) in [6, 6.07) is 0. The summed E-state index contributed by atoms with van der Waals surface area (Å²) >= 11 is 0. The molecule has 8 heteroatoms. The van der Waals surface area contributed by atoms with Crippen LogP contribution in [0, 0.1) is 0 Å². The van der Waals surface area contributed by atoms with Crippen molar-refractivity contribution in [3.8, 4) is 0 Å². The van der Waals surface area contributed by atoms with Gasteiger partial charge in [-0.25, -0.2) is 4.98 Å². The van der Waals surface area contributed by atoms with Crippen molar-refractivity contribution in [2.45, 2.75) is 65.5 Å². The van der Waals surface area contributed by atoms with E-state index in [0.717, 1.165) is 50.2 Å². The fraction of sp³-hybridized carbons (Fsp3) is 0.762. The standard InChI is InChI=1S/C21H38N8/c1-5-6-9-23-18-17-19(26-20(22)25-18)24-16-28(17)11-8-7-10-27-12-14-29(15-13-27)21(2,3)4/h16H,5-15H2,1-4H3,(H3,22,23,25,26). The van der Waals surface area contributed by atoms with Gasteiger partial charge in [-0.3, -0.25) is 4.90 Å². The third-order valence-corrected chi connectivity index (χ3v) is 5.76. The van der Waals surface area contributed by atoms with Gasteiger partial charge in [0.25, 0.3) is 0 Å². The minimum Gasteiger partial charge on any atom is -0.368 e. The topological polar surface area (TPSA) is 88.1 Å². The molecule has 1 saturated heterocycles.